The van der Waals surface area contributed by atoms with Gasteiger partial charge in [0.15, 0.2) is 0 Å². The van der Waals surface area contributed by atoms with Gasteiger partial charge in [-0.1, -0.05) is 25.0 Å². The zero-order valence-corrected chi connectivity index (χ0v) is 15.4. The first-order valence-electron chi connectivity index (χ1n) is 9.55. The molecular weight excluding hydrogens is 373 g/mol. The molecule has 152 valence electrons. The summed E-state index contributed by atoms with van der Waals surface area (Å²) in [6.07, 6.45) is -0.540. The summed E-state index contributed by atoms with van der Waals surface area (Å²) in [4.78, 5) is 37.9. The van der Waals surface area contributed by atoms with Crippen molar-refractivity contribution in [2.24, 2.45) is 11.8 Å². The third-order valence-corrected chi connectivity index (χ3v) is 5.51. The summed E-state index contributed by atoms with van der Waals surface area (Å²) >= 11 is 0. The molecule has 1 saturated carbocycles. The molecule has 2 fully saturated rings. The Morgan fingerprint density at radius 1 is 1.04 bits per heavy atom. The number of rotatable bonds is 6. The third kappa shape index (κ3) is 4.54. The van der Waals surface area contributed by atoms with Crippen molar-refractivity contribution in [3.63, 3.8) is 0 Å². The van der Waals surface area contributed by atoms with Crippen LogP contribution >= 0.6 is 0 Å². The number of likely N-dealkylation sites (tertiary alicyclic amines) is 1. The lowest BCUT2D eigenvalue weighted by Crippen LogP contribution is -2.35. The third-order valence-electron chi connectivity index (χ3n) is 5.51. The summed E-state index contributed by atoms with van der Waals surface area (Å²) in [6.45, 7) is 0.355. The van der Waals surface area contributed by atoms with Gasteiger partial charge in [-0.05, 0) is 37.0 Å². The molecular formula is C20H23F3N2O3. The zero-order valence-electron chi connectivity index (χ0n) is 15.4. The standard InChI is InChI=1S/C20H23F3N2O3/c21-20(22,23)14-7-5-13(6-8-14)9-11-24-17(26)10-12-25-18(27)15-3-1-2-4-16(15)19(25)28/h5-8,15-16H,1-4,9-12H2,(H,24,26)/t15-,16-/m1/s1. The summed E-state index contributed by atoms with van der Waals surface area (Å²) in [5, 5.41) is 2.68. The average molecular weight is 396 g/mol. The molecule has 3 amide bonds. The molecule has 0 spiro atoms. The highest BCUT2D eigenvalue weighted by Gasteiger charge is 2.47. The van der Waals surface area contributed by atoms with E-state index in [4.69, 9.17) is 0 Å². The molecule has 2 aliphatic rings. The topological polar surface area (TPSA) is 66.5 Å². The first kappa shape index (κ1) is 20.4. The van der Waals surface area contributed by atoms with Crippen molar-refractivity contribution in [1.82, 2.24) is 10.2 Å². The Kier molecular flexibility index (Phi) is 6.05. The van der Waals surface area contributed by atoms with Crippen molar-refractivity contribution < 1.29 is 27.6 Å². The van der Waals surface area contributed by atoms with Crippen LogP contribution in [0.25, 0.3) is 0 Å². The van der Waals surface area contributed by atoms with E-state index in [0.717, 1.165) is 37.8 Å². The number of imide groups is 1. The van der Waals surface area contributed by atoms with Crippen LogP contribution < -0.4 is 5.32 Å². The molecule has 1 aromatic rings. The Morgan fingerprint density at radius 2 is 1.61 bits per heavy atom. The summed E-state index contributed by atoms with van der Waals surface area (Å²) in [7, 11) is 0. The van der Waals surface area contributed by atoms with Crippen molar-refractivity contribution >= 4 is 17.7 Å². The maximum Gasteiger partial charge on any atom is 0.416 e. The van der Waals surface area contributed by atoms with Crippen molar-refractivity contribution in [3.8, 4) is 0 Å². The molecule has 2 atom stereocenters. The van der Waals surface area contributed by atoms with Gasteiger partial charge in [0.25, 0.3) is 0 Å². The highest BCUT2D eigenvalue weighted by Crippen LogP contribution is 2.38. The zero-order chi connectivity index (χ0) is 20.3. The molecule has 8 heteroatoms. The van der Waals surface area contributed by atoms with E-state index in [1.54, 1.807) is 0 Å². The van der Waals surface area contributed by atoms with Gasteiger partial charge in [0.2, 0.25) is 17.7 Å². The average Bonchev–Trinajstić information content (AvgIpc) is 2.91. The largest absolute Gasteiger partial charge is 0.416 e. The van der Waals surface area contributed by atoms with Crippen molar-refractivity contribution in [3.05, 3.63) is 35.4 Å². The van der Waals surface area contributed by atoms with Crippen LogP contribution in [0, 0.1) is 11.8 Å². The second kappa shape index (κ2) is 8.32. The van der Waals surface area contributed by atoms with E-state index in [2.05, 4.69) is 5.32 Å². The lowest BCUT2D eigenvalue weighted by atomic mass is 9.81. The van der Waals surface area contributed by atoms with Crippen molar-refractivity contribution in [2.75, 3.05) is 13.1 Å². The van der Waals surface area contributed by atoms with Crippen LogP contribution in [0.5, 0.6) is 0 Å². The molecule has 3 rings (SSSR count). The number of hydrogen-bond donors (Lipinski definition) is 1. The number of nitrogens with one attached hydrogen (secondary N) is 1. The predicted molar refractivity (Wildman–Crippen MR) is 94.9 cm³/mol. The normalized spacial score (nSPS) is 22.3. The van der Waals surface area contributed by atoms with Crippen molar-refractivity contribution in [1.29, 1.82) is 0 Å². The molecule has 1 aromatic carbocycles. The molecule has 1 saturated heterocycles. The van der Waals surface area contributed by atoms with E-state index in [0.29, 0.717) is 12.0 Å². The molecule has 28 heavy (non-hydrogen) atoms. The summed E-state index contributed by atoms with van der Waals surface area (Å²) in [5.41, 5.74) is -0.0249. The first-order valence-corrected chi connectivity index (χ1v) is 9.55. The van der Waals surface area contributed by atoms with Gasteiger partial charge in [-0.15, -0.1) is 0 Å². The van der Waals surface area contributed by atoms with Gasteiger partial charge in [0, 0.05) is 19.5 Å². The molecule has 0 radical (unpaired) electrons. The number of hydrogen-bond acceptors (Lipinski definition) is 3. The van der Waals surface area contributed by atoms with Crippen LogP contribution in [-0.4, -0.2) is 35.7 Å². The minimum absolute atomic E-state index is 0.0317. The van der Waals surface area contributed by atoms with Crippen LogP contribution in [0.15, 0.2) is 24.3 Å². The number of carbonyl (C=O) groups is 3. The lowest BCUT2D eigenvalue weighted by molar-refractivity contribution is -0.140. The summed E-state index contributed by atoms with van der Waals surface area (Å²) in [6, 6.07) is 4.80. The molecule has 1 N–H and O–H groups in total. The smallest absolute Gasteiger partial charge is 0.356 e. The van der Waals surface area contributed by atoms with Gasteiger partial charge in [-0.25, -0.2) is 0 Å². The number of halogens is 3. The molecule has 1 aliphatic carbocycles. The van der Waals surface area contributed by atoms with Crippen LogP contribution in [0.1, 0.15) is 43.2 Å². The number of fused-ring (bicyclic) bond motifs is 1. The number of amides is 3. The van der Waals surface area contributed by atoms with Crippen molar-refractivity contribution in [2.45, 2.75) is 44.7 Å². The maximum absolute atomic E-state index is 12.5. The molecule has 0 unspecified atom stereocenters. The van der Waals surface area contributed by atoms with Gasteiger partial charge in [0.1, 0.15) is 0 Å². The Hall–Kier alpha value is -2.38. The number of benzene rings is 1. The molecule has 0 bridgehead atoms. The van der Waals surface area contributed by atoms with E-state index in [1.165, 1.54) is 17.0 Å². The van der Waals surface area contributed by atoms with E-state index in [1.807, 2.05) is 0 Å². The second-order valence-electron chi connectivity index (χ2n) is 7.37. The van der Waals surface area contributed by atoms with Crippen LogP contribution in [0.4, 0.5) is 13.2 Å². The fourth-order valence-corrected chi connectivity index (χ4v) is 3.96. The Labute approximate surface area is 161 Å². The monoisotopic (exact) mass is 396 g/mol. The quantitative estimate of drug-likeness (QED) is 0.752. The fraction of sp³-hybridized carbons (Fsp3) is 0.550. The van der Waals surface area contributed by atoms with Gasteiger partial charge >= 0.3 is 6.18 Å². The number of alkyl halides is 3. The Bertz CT molecular complexity index is 722. The second-order valence-corrected chi connectivity index (χ2v) is 7.37. The van der Waals surface area contributed by atoms with Gasteiger partial charge in [0.05, 0.1) is 17.4 Å². The van der Waals surface area contributed by atoms with Gasteiger partial charge < -0.3 is 5.32 Å². The van der Waals surface area contributed by atoms with E-state index < -0.39 is 11.7 Å². The van der Waals surface area contributed by atoms with Gasteiger partial charge in [-0.3, -0.25) is 19.3 Å². The number of carbonyl (C=O) groups excluding carboxylic acids is 3. The van der Waals surface area contributed by atoms with Crippen LogP contribution in [0.3, 0.4) is 0 Å². The Morgan fingerprint density at radius 3 is 2.14 bits per heavy atom. The molecule has 1 heterocycles. The maximum atomic E-state index is 12.5. The van der Waals surface area contributed by atoms with Crippen LogP contribution in [-0.2, 0) is 27.0 Å². The van der Waals surface area contributed by atoms with E-state index in [9.17, 15) is 27.6 Å². The number of nitrogens with zero attached hydrogens (tertiary/aromatic N) is 1. The lowest BCUT2D eigenvalue weighted by Gasteiger charge is -2.19. The molecule has 5 nitrogen and oxygen atoms in total. The Balaban J connectivity index is 1.41. The molecule has 1 aliphatic heterocycles. The summed E-state index contributed by atoms with van der Waals surface area (Å²) < 4.78 is 37.6. The highest BCUT2D eigenvalue weighted by molar-refractivity contribution is 6.05. The van der Waals surface area contributed by atoms with E-state index >= 15 is 0 Å². The van der Waals surface area contributed by atoms with E-state index in [-0.39, 0.29) is 49.1 Å². The molecule has 0 aromatic heterocycles. The SMILES string of the molecule is O=C(CCN1C(=O)[C@@H]2CCCC[C@H]2C1=O)NCCc1ccc(C(F)(F)F)cc1. The fourth-order valence-electron chi connectivity index (χ4n) is 3.96. The minimum atomic E-state index is -4.37. The van der Waals surface area contributed by atoms with Crippen LogP contribution in [0.2, 0.25) is 0 Å². The first-order chi connectivity index (χ1) is 13.3. The minimum Gasteiger partial charge on any atom is -0.356 e. The highest BCUT2D eigenvalue weighted by atomic mass is 19.4. The summed E-state index contributed by atoms with van der Waals surface area (Å²) in [5.74, 6) is -1.05. The predicted octanol–water partition coefficient (Wildman–Crippen LogP) is 2.93. The van der Waals surface area contributed by atoms with Gasteiger partial charge in [-0.2, -0.15) is 13.2 Å².